The predicted molar refractivity (Wildman–Crippen MR) is 151 cm³/mol. The van der Waals surface area contributed by atoms with Gasteiger partial charge in [-0.2, -0.15) is 5.10 Å². The van der Waals surface area contributed by atoms with Gasteiger partial charge in [0.15, 0.2) is 17.4 Å². The first kappa shape index (κ1) is 28.6. The van der Waals surface area contributed by atoms with Gasteiger partial charge >= 0.3 is 0 Å². The highest BCUT2D eigenvalue weighted by atomic mass is 35.5. The third-order valence-electron chi connectivity index (χ3n) is 7.78. The Morgan fingerprint density at radius 3 is 2.70 bits per heavy atom. The van der Waals surface area contributed by atoms with Crippen LogP contribution in [-0.2, 0) is 4.79 Å². The fourth-order valence-corrected chi connectivity index (χ4v) is 5.41. The van der Waals surface area contributed by atoms with E-state index in [0.29, 0.717) is 29.7 Å². The molecule has 2 fully saturated rings. The number of methoxy groups -OCH3 is 1. The third kappa shape index (κ3) is 5.18. The number of ether oxygens (including phenoxy) is 1. The van der Waals surface area contributed by atoms with Crippen molar-refractivity contribution in [2.24, 2.45) is 11.8 Å². The van der Waals surface area contributed by atoms with E-state index in [1.54, 1.807) is 28.0 Å². The molecule has 1 aliphatic heterocycles. The highest BCUT2D eigenvalue weighted by molar-refractivity contribution is 6.31. The number of carbonyl (C=O) groups excluding carboxylic acids is 2. The van der Waals surface area contributed by atoms with E-state index in [-0.39, 0.29) is 40.0 Å². The summed E-state index contributed by atoms with van der Waals surface area (Å²) < 4.78 is 49.2. The molecule has 0 bridgehead atoms. The lowest BCUT2D eigenvalue weighted by Gasteiger charge is -2.21. The van der Waals surface area contributed by atoms with E-state index in [1.807, 2.05) is 6.92 Å². The van der Waals surface area contributed by atoms with Crippen LogP contribution >= 0.6 is 11.6 Å². The van der Waals surface area contributed by atoms with Crippen LogP contribution < -0.4 is 15.0 Å². The topological polar surface area (TPSA) is 115 Å². The molecule has 0 radical (unpaired) electrons. The Bertz CT molecular complexity index is 1770. The summed E-state index contributed by atoms with van der Waals surface area (Å²) in [5, 5.41) is 6.66. The first-order valence-corrected chi connectivity index (χ1v) is 13.8. The van der Waals surface area contributed by atoms with Crippen molar-refractivity contribution in [2.75, 3.05) is 23.9 Å². The first-order valence-electron chi connectivity index (χ1n) is 13.4. The zero-order valence-electron chi connectivity index (χ0n) is 23.2. The molecule has 1 saturated carbocycles. The summed E-state index contributed by atoms with van der Waals surface area (Å²) in [6.07, 6.45) is 3.73. The fraction of sp³-hybridized carbons (Fsp3) is 0.310. The van der Waals surface area contributed by atoms with E-state index in [0.717, 1.165) is 30.3 Å². The highest BCUT2D eigenvalue weighted by Crippen LogP contribution is 2.48. The van der Waals surface area contributed by atoms with E-state index < -0.39 is 29.3 Å². The Hall–Kier alpha value is -4.52. The molecule has 1 saturated heterocycles. The lowest BCUT2D eigenvalue weighted by molar-refractivity contribution is -0.118. The molecule has 6 rings (SSSR count). The number of aryl methyl sites for hydroxylation is 1. The summed E-state index contributed by atoms with van der Waals surface area (Å²) in [7, 11) is 1.52. The minimum atomic E-state index is -3.00. The number of anilines is 2. The number of halogens is 4. The van der Waals surface area contributed by atoms with Crippen LogP contribution in [0.25, 0.3) is 11.3 Å². The Balaban J connectivity index is 1.21. The minimum absolute atomic E-state index is 0.0710. The van der Waals surface area contributed by atoms with Gasteiger partial charge < -0.3 is 10.1 Å². The van der Waals surface area contributed by atoms with E-state index in [4.69, 9.17) is 16.3 Å². The second-order valence-electron chi connectivity index (χ2n) is 10.5. The zero-order chi connectivity index (χ0) is 30.6. The van der Waals surface area contributed by atoms with Crippen LogP contribution in [0.3, 0.4) is 0 Å². The first-order chi connectivity index (χ1) is 20.6. The summed E-state index contributed by atoms with van der Waals surface area (Å²) in [5.74, 6) is -0.264. The van der Waals surface area contributed by atoms with E-state index in [1.165, 1.54) is 20.2 Å². The maximum absolute atomic E-state index is 14.8. The molecular weight excluding hydrogens is 587 g/mol. The maximum Gasteiger partial charge on any atom is 0.276 e. The smallest absolute Gasteiger partial charge is 0.276 e. The van der Waals surface area contributed by atoms with Gasteiger partial charge in [-0.3, -0.25) is 24.2 Å². The van der Waals surface area contributed by atoms with Gasteiger partial charge in [-0.25, -0.2) is 23.1 Å². The van der Waals surface area contributed by atoms with Crippen LogP contribution in [0.1, 0.15) is 53.1 Å². The lowest BCUT2D eigenvalue weighted by atomic mass is 10.0. The van der Waals surface area contributed by atoms with E-state index in [9.17, 15) is 22.8 Å². The number of nitrogens with one attached hydrogen (secondary N) is 1. The van der Waals surface area contributed by atoms with Gasteiger partial charge in [0.25, 0.3) is 12.3 Å². The largest absolute Gasteiger partial charge is 0.493 e. The summed E-state index contributed by atoms with van der Waals surface area (Å²) >= 11 is 5.84. The van der Waals surface area contributed by atoms with Gasteiger partial charge in [-0.1, -0.05) is 17.7 Å². The third-order valence-corrected chi connectivity index (χ3v) is 8.07. The molecule has 1 N–H and O–H groups in total. The van der Waals surface area contributed by atoms with Gasteiger partial charge in [-0.05, 0) is 43.9 Å². The molecule has 0 spiro atoms. The van der Waals surface area contributed by atoms with Gasteiger partial charge in [0.2, 0.25) is 5.91 Å². The molecule has 4 aromatic rings. The number of hydrogen-bond acceptors (Lipinski definition) is 7. The number of alkyl halides is 2. The van der Waals surface area contributed by atoms with Crippen molar-refractivity contribution in [2.45, 2.75) is 32.7 Å². The maximum atomic E-state index is 14.8. The fourth-order valence-electron chi connectivity index (χ4n) is 5.25. The Morgan fingerprint density at radius 2 is 2.00 bits per heavy atom. The zero-order valence-corrected chi connectivity index (χ0v) is 23.9. The van der Waals surface area contributed by atoms with Crippen LogP contribution in [0.4, 0.5) is 24.7 Å². The number of hydrogen-bond donors (Lipinski definition) is 1. The predicted octanol–water partition coefficient (Wildman–Crippen LogP) is 5.63. The average Bonchev–Trinajstić information content (AvgIpc) is 3.49. The molecule has 2 aliphatic rings. The van der Waals surface area contributed by atoms with Crippen LogP contribution in [0, 0.1) is 24.6 Å². The Kier molecular flexibility index (Phi) is 7.28. The standard InChI is InChI=1S/C29H25ClF3N7O3/c1-13-25(38-21(10-34-13)23-18(26(32)33)4-5-20(30)24(23)31)28(41)37-17-9-36-40(12-17)14(2)15-7-22(43-3)27(35-8-15)39-11-16-6-19(16)29(39)42/h4-5,7-10,12,14,16,19,26H,6,11H2,1-3H3,(H,37,41)/t14?,16-,19-/m1/s1. The molecule has 10 nitrogen and oxygen atoms in total. The summed E-state index contributed by atoms with van der Waals surface area (Å²) in [6, 6.07) is 3.52. The van der Waals surface area contributed by atoms with Gasteiger partial charge in [-0.15, -0.1) is 0 Å². The van der Waals surface area contributed by atoms with Crippen molar-refractivity contribution >= 4 is 34.9 Å². The van der Waals surface area contributed by atoms with Crippen molar-refractivity contribution in [3.63, 3.8) is 0 Å². The molecule has 4 heterocycles. The molecule has 3 atom stereocenters. The number of amides is 2. The number of fused-ring (bicyclic) bond motifs is 1. The van der Waals surface area contributed by atoms with E-state index in [2.05, 4.69) is 25.4 Å². The molecule has 2 amide bonds. The van der Waals surface area contributed by atoms with Crippen LogP contribution in [0.2, 0.25) is 5.02 Å². The average molecular weight is 612 g/mol. The summed E-state index contributed by atoms with van der Waals surface area (Å²) in [6.45, 7) is 4.03. The minimum Gasteiger partial charge on any atom is -0.493 e. The van der Waals surface area contributed by atoms with Gasteiger partial charge in [0.05, 0.1) is 47.6 Å². The van der Waals surface area contributed by atoms with Crippen molar-refractivity contribution in [1.29, 1.82) is 0 Å². The normalized spacial score (nSPS) is 18.1. The van der Waals surface area contributed by atoms with Crippen LogP contribution in [0.15, 0.2) is 43.0 Å². The lowest BCUT2D eigenvalue weighted by Crippen LogP contribution is -2.29. The highest BCUT2D eigenvalue weighted by Gasteiger charge is 2.53. The monoisotopic (exact) mass is 611 g/mol. The number of aromatic nitrogens is 5. The van der Waals surface area contributed by atoms with Crippen LogP contribution in [0.5, 0.6) is 5.75 Å². The summed E-state index contributed by atoms with van der Waals surface area (Å²) in [4.78, 5) is 40.1. The molecular formula is C29H25ClF3N7O3. The van der Waals surface area contributed by atoms with Crippen molar-refractivity contribution in [3.8, 4) is 17.0 Å². The molecule has 1 aromatic carbocycles. The Morgan fingerprint density at radius 1 is 1.21 bits per heavy atom. The molecule has 1 aliphatic carbocycles. The molecule has 14 heteroatoms. The quantitative estimate of drug-likeness (QED) is 0.275. The van der Waals surface area contributed by atoms with Crippen LogP contribution in [-0.4, -0.2) is 50.2 Å². The molecule has 3 aromatic heterocycles. The number of benzene rings is 1. The second-order valence-corrected chi connectivity index (χ2v) is 10.9. The molecule has 222 valence electrons. The number of carbonyl (C=O) groups is 2. The second kappa shape index (κ2) is 11.0. The Labute approximate surface area is 248 Å². The molecule has 43 heavy (non-hydrogen) atoms. The SMILES string of the molecule is COc1cc(C(C)n2cc(NC(=O)c3nc(-c4c(C(F)F)ccc(Cl)c4F)cnc3C)cn2)cnc1N1C[C@H]2C[C@H]2C1=O. The molecule has 1 unspecified atom stereocenters. The van der Waals surface area contributed by atoms with Gasteiger partial charge in [0.1, 0.15) is 5.69 Å². The number of rotatable bonds is 8. The number of nitrogens with zero attached hydrogens (tertiary/aromatic N) is 6. The number of pyridine rings is 1. The van der Waals surface area contributed by atoms with Crippen molar-refractivity contribution < 1.29 is 27.5 Å². The van der Waals surface area contributed by atoms with Crippen molar-refractivity contribution in [3.05, 3.63) is 76.3 Å². The summed E-state index contributed by atoms with van der Waals surface area (Å²) in [5.41, 5.74) is -0.300. The van der Waals surface area contributed by atoms with Gasteiger partial charge in [0, 0.05) is 36.0 Å². The number of piperidine rings is 1. The van der Waals surface area contributed by atoms with E-state index >= 15 is 0 Å². The van der Waals surface area contributed by atoms with Crippen molar-refractivity contribution in [1.82, 2.24) is 24.7 Å².